The van der Waals surface area contributed by atoms with Gasteiger partial charge in [0.25, 0.3) is 5.82 Å². The van der Waals surface area contributed by atoms with Gasteiger partial charge in [0.2, 0.25) is 0 Å². The lowest BCUT2D eigenvalue weighted by atomic mass is 10.5. The molecule has 2 nitrogen and oxygen atoms in total. The minimum Gasteiger partial charge on any atom is -0.248 e. The smallest absolute Gasteiger partial charge is 0.248 e. The van der Waals surface area contributed by atoms with Crippen LogP contribution in [0.4, 0.5) is 0 Å². The van der Waals surface area contributed by atoms with Crippen molar-refractivity contribution in [2.75, 3.05) is 0 Å². The normalized spacial score (nSPS) is 9.75. The van der Waals surface area contributed by atoms with Crippen LogP contribution in [0.25, 0.3) is 0 Å². The van der Waals surface area contributed by atoms with Crippen molar-refractivity contribution < 1.29 is 4.57 Å². The second-order valence-electron chi connectivity index (χ2n) is 1.87. The Kier molecular flexibility index (Phi) is 1.33. The van der Waals surface area contributed by atoms with Crippen LogP contribution in [0.5, 0.6) is 0 Å². The van der Waals surface area contributed by atoms with Gasteiger partial charge >= 0.3 is 0 Å². The van der Waals surface area contributed by atoms with E-state index in [4.69, 9.17) is 0 Å². The van der Waals surface area contributed by atoms with Crippen LogP contribution in [0.2, 0.25) is 0 Å². The SMILES string of the molecule is CCc1[nH]cc[n+]1C. The molecule has 1 N–H and O–H groups in total. The van der Waals surface area contributed by atoms with Crippen LogP contribution >= 0.6 is 0 Å². The zero-order valence-electron chi connectivity index (χ0n) is 5.31. The Bertz CT molecular complexity index is 167. The lowest BCUT2D eigenvalue weighted by molar-refractivity contribution is -0.677. The molecule has 0 unspecified atom stereocenters. The van der Waals surface area contributed by atoms with Crippen LogP contribution in [-0.2, 0) is 13.5 Å². The van der Waals surface area contributed by atoms with E-state index in [1.807, 2.05) is 19.4 Å². The maximum atomic E-state index is 3.12. The van der Waals surface area contributed by atoms with E-state index in [2.05, 4.69) is 16.5 Å². The molecule has 0 aliphatic rings. The summed E-state index contributed by atoms with van der Waals surface area (Å²) in [4.78, 5) is 3.12. The van der Waals surface area contributed by atoms with Crippen molar-refractivity contribution in [3.05, 3.63) is 18.2 Å². The van der Waals surface area contributed by atoms with Crippen molar-refractivity contribution in [1.29, 1.82) is 0 Å². The number of aryl methyl sites for hydroxylation is 2. The lowest BCUT2D eigenvalue weighted by Gasteiger charge is -1.83. The highest BCUT2D eigenvalue weighted by Crippen LogP contribution is 1.82. The minimum atomic E-state index is 1.07. The van der Waals surface area contributed by atoms with E-state index < -0.39 is 0 Å². The zero-order chi connectivity index (χ0) is 5.98. The first-order valence-corrected chi connectivity index (χ1v) is 2.86. The van der Waals surface area contributed by atoms with Crippen molar-refractivity contribution in [3.63, 3.8) is 0 Å². The second-order valence-corrected chi connectivity index (χ2v) is 1.87. The Balaban J connectivity index is 2.92. The summed E-state index contributed by atoms with van der Waals surface area (Å²) < 4.78 is 2.08. The van der Waals surface area contributed by atoms with Crippen LogP contribution in [-0.4, -0.2) is 4.98 Å². The van der Waals surface area contributed by atoms with Crippen molar-refractivity contribution in [1.82, 2.24) is 4.98 Å². The maximum absolute atomic E-state index is 3.12. The fourth-order valence-electron chi connectivity index (χ4n) is 0.789. The van der Waals surface area contributed by atoms with Gasteiger partial charge in [0.15, 0.2) is 0 Å². The van der Waals surface area contributed by atoms with Gasteiger partial charge in [-0.25, -0.2) is 9.55 Å². The van der Waals surface area contributed by atoms with Gasteiger partial charge in [-0.3, -0.25) is 0 Å². The van der Waals surface area contributed by atoms with E-state index in [-0.39, 0.29) is 0 Å². The third-order valence-electron chi connectivity index (χ3n) is 1.31. The average molecular weight is 111 g/mol. The summed E-state index contributed by atoms with van der Waals surface area (Å²) in [6, 6.07) is 0. The number of hydrogen-bond acceptors (Lipinski definition) is 0. The van der Waals surface area contributed by atoms with Crippen molar-refractivity contribution in [3.8, 4) is 0 Å². The lowest BCUT2D eigenvalue weighted by Crippen LogP contribution is -2.29. The quantitative estimate of drug-likeness (QED) is 0.506. The maximum Gasteiger partial charge on any atom is 0.253 e. The molecule has 0 atom stereocenters. The predicted octanol–water partition coefficient (Wildman–Crippen LogP) is 0.402. The van der Waals surface area contributed by atoms with Gasteiger partial charge in [-0.1, -0.05) is 6.92 Å². The van der Waals surface area contributed by atoms with E-state index in [0.29, 0.717) is 0 Å². The number of hydrogen-bond donors (Lipinski definition) is 1. The molecule has 0 aromatic carbocycles. The van der Waals surface area contributed by atoms with E-state index in [1.165, 1.54) is 5.82 Å². The molecule has 1 rings (SSSR count). The van der Waals surface area contributed by atoms with Crippen LogP contribution in [0, 0.1) is 0 Å². The van der Waals surface area contributed by atoms with Gasteiger partial charge in [-0.2, -0.15) is 0 Å². The van der Waals surface area contributed by atoms with Gasteiger partial charge in [-0.05, 0) is 0 Å². The fourth-order valence-corrected chi connectivity index (χ4v) is 0.789. The number of aromatic amines is 1. The first-order valence-electron chi connectivity index (χ1n) is 2.86. The first-order chi connectivity index (χ1) is 3.84. The monoisotopic (exact) mass is 111 g/mol. The molecule has 2 heteroatoms. The van der Waals surface area contributed by atoms with E-state index in [9.17, 15) is 0 Å². The zero-order valence-corrected chi connectivity index (χ0v) is 5.31. The third kappa shape index (κ3) is 0.735. The van der Waals surface area contributed by atoms with Crippen LogP contribution < -0.4 is 4.57 Å². The largest absolute Gasteiger partial charge is 0.253 e. The summed E-state index contributed by atoms with van der Waals surface area (Å²) in [5, 5.41) is 0. The molecule has 1 aromatic rings. The van der Waals surface area contributed by atoms with Crippen LogP contribution in [0.15, 0.2) is 12.4 Å². The molecule has 8 heavy (non-hydrogen) atoms. The molecule has 0 bridgehead atoms. The van der Waals surface area contributed by atoms with E-state index in [0.717, 1.165) is 6.42 Å². The molecule has 44 valence electrons. The predicted molar refractivity (Wildman–Crippen MR) is 31.3 cm³/mol. The fraction of sp³-hybridized carbons (Fsp3) is 0.500. The molecule has 1 heterocycles. The molecule has 0 fully saturated rings. The molecule has 0 saturated carbocycles. The molecule has 0 spiro atoms. The van der Waals surface area contributed by atoms with Crippen molar-refractivity contribution >= 4 is 0 Å². The van der Waals surface area contributed by atoms with Crippen molar-refractivity contribution in [2.24, 2.45) is 7.05 Å². The van der Waals surface area contributed by atoms with Crippen LogP contribution in [0.3, 0.4) is 0 Å². The van der Waals surface area contributed by atoms with Gasteiger partial charge in [0.1, 0.15) is 12.4 Å². The standard InChI is InChI=1S/C6H10N2/c1-3-6-7-4-5-8(6)2/h4-5H,3H2,1-2H3/p+1. The summed E-state index contributed by atoms with van der Waals surface area (Å²) in [5.41, 5.74) is 0. The Morgan fingerprint density at radius 3 is 2.75 bits per heavy atom. The van der Waals surface area contributed by atoms with E-state index in [1.54, 1.807) is 0 Å². The summed E-state index contributed by atoms with van der Waals surface area (Å²) in [6.45, 7) is 2.13. The van der Waals surface area contributed by atoms with Gasteiger partial charge in [-0.15, -0.1) is 0 Å². The third-order valence-corrected chi connectivity index (χ3v) is 1.31. The Morgan fingerprint density at radius 1 is 1.75 bits per heavy atom. The molecular formula is C6H11N2+. The Labute approximate surface area is 49.2 Å². The number of nitrogens with one attached hydrogen (secondary N) is 1. The molecule has 0 radical (unpaired) electrons. The Morgan fingerprint density at radius 2 is 2.50 bits per heavy atom. The van der Waals surface area contributed by atoms with Gasteiger partial charge < -0.3 is 0 Å². The first kappa shape index (κ1) is 5.35. The molecular weight excluding hydrogens is 100 g/mol. The number of rotatable bonds is 1. The molecule has 0 aliphatic carbocycles. The molecule has 0 aliphatic heterocycles. The van der Waals surface area contributed by atoms with Gasteiger partial charge in [0.05, 0.1) is 7.05 Å². The number of aromatic nitrogens is 2. The molecule has 0 amide bonds. The summed E-state index contributed by atoms with van der Waals surface area (Å²) in [6.07, 6.45) is 5.03. The summed E-state index contributed by atoms with van der Waals surface area (Å²) in [7, 11) is 2.04. The highest BCUT2D eigenvalue weighted by Gasteiger charge is 1.99. The summed E-state index contributed by atoms with van der Waals surface area (Å²) >= 11 is 0. The average Bonchev–Trinajstić information content (AvgIpc) is 2.14. The van der Waals surface area contributed by atoms with E-state index >= 15 is 0 Å². The van der Waals surface area contributed by atoms with Crippen molar-refractivity contribution in [2.45, 2.75) is 13.3 Å². The highest BCUT2D eigenvalue weighted by atomic mass is 15.0. The molecule has 0 saturated heterocycles. The topological polar surface area (TPSA) is 19.7 Å². The minimum absolute atomic E-state index is 1.07. The Hall–Kier alpha value is -0.790. The van der Waals surface area contributed by atoms with Crippen LogP contribution in [0.1, 0.15) is 12.7 Å². The number of nitrogens with zero attached hydrogens (tertiary/aromatic N) is 1. The highest BCUT2D eigenvalue weighted by molar-refractivity contribution is 4.74. The number of H-pyrrole nitrogens is 1. The second kappa shape index (κ2) is 1.99. The van der Waals surface area contributed by atoms with Gasteiger partial charge in [0, 0.05) is 6.42 Å². The summed E-state index contributed by atoms with van der Waals surface area (Å²) in [5.74, 6) is 1.27. The number of imidazole rings is 1. The molecule has 1 aromatic heterocycles.